The minimum atomic E-state index is -3.10. The molecule has 2 aromatic rings. The van der Waals surface area contributed by atoms with E-state index in [4.69, 9.17) is 0 Å². The van der Waals surface area contributed by atoms with Crippen LogP contribution in [0.25, 0.3) is 0 Å². The Hall–Kier alpha value is -1.66. The van der Waals surface area contributed by atoms with Crippen LogP contribution in [0.2, 0.25) is 0 Å². The lowest BCUT2D eigenvalue weighted by Crippen LogP contribution is -2.20. The predicted molar refractivity (Wildman–Crippen MR) is 77.6 cm³/mol. The maximum absolute atomic E-state index is 11.9. The van der Waals surface area contributed by atoms with Crippen molar-refractivity contribution in [3.63, 3.8) is 0 Å². The van der Waals surface area contributed by atoms with E-state index in [0.717, 1.165) is 17.0 Å². The van der Waals surface area contributed by atoms with E-state index >= 15 is 0 Å². The molecule has 19 heavy (non-hydrogen) atoms. The fourth-order valence-corrected chi connectivity index (χ4v) is 4.78. The molecule has 0 bridgehead atoms. The van der Waals surface area contributed by atoms with Gasteiger partial charge in [-0.05, 0) is 23.6 Å². The van der Waals surface area contributed by atoms with Gasteiger partial charge in [0.25, 0.3) is 0 Å². The first-order valence-corrected chi connectivity index (χ1v) is 8.38. The van der Waals surface area contributed by atoms with Crippen molar-refractivity contribution in [2.45, 2.75) is 10.6 Å². The van der Waals surface area contributed by atoms with E-state index in [1.807, 2.05) is 36.4 Å². The zero-order chi connectivity index (χ0) is 13.3. The number of sulfone groups is 1. The number of thiophene rings is 1. The monoisotopic (exact) mass is 292 g/mol. The average molecular weight is 292 g/mol. The van der Waals surface area contributed by atoms with Crippen LogP contribution in [0.1, 0.15) is 12.0 Å². The Kier molecular flexibility index (Phi) is 3.12. The van der Waals surface area contributed by atoms with Gasteiger partial charge >= 0.3 is 0 Å². The van der Waals surface area contributed by atoms with E-state index < -0.39 is 9.84 Å². The largest absolute Gasteiger partial charge is 0.278 e. The van der Waals surface area contributed by atoms with E-state index in [0.29, 0.717) is 10.6 Å². The number of hydrogen-bond acceptors (Lipinski definition) is 5. The molecular formula is C13H12N2O2S2. The molecule has 0 saturated heterocycles. The highest BCUT2D eigenvalue weighted by Gasteiger charge is 2.28. The van der Waals surface area contributed by atoms with Gasteiger partial charge in [0.2, 0.25) is 0 Å². The summed E-state index contributed by atoms with van der Waals surface area (Å²) in [4.78, 5) is 0. The fraction of sp³-hybridized carbons (Fsp3) is 0.154. The molecule has 0 unspecified atom stereocenters. The van der Waals surface area contributed by atoms with Gasteiger partial charge in [0.1, 0.15) is 4.21 Å². The molecule has 0 fully saturated rings. The standard InChI is InChI=1S/C13H12N2O2S2/c16-19(17)9-7-12(11-6-8-18-13(11)19)15-14-10-4-2-1-3-5-10/h1-6,8,14H,7,9H2/b15-12-. The number of fused-ring (bicyclic) bond motifs is 1. The first-order chi connectivity index (χ1) is 9.17. The molecule has 0 aliphatic carbocycles. The van der Waals surface area contributed by atoms with E-state index in [-0.39, 0.29) is 5.75 Å². The summed E-state index contributed by atoms with van der Waals surface area (Å²) in [7, 11) is -3.10. The van der Waals surface area contributed by atoms with Crippen LogP contribution in [0, 0.1) is 0 Å². The second kappa shape index (κ2) is 4.79. The molecule has 0 atom stereocenters. The van der Waals surface area contributed by atoms with E-state index in [1.165, 1.54) is 11.3 Å². The van der Waals surface area contributed by atoms with Crippen molar-refractivity contribution in [1.82, 2.24) is 0 Å². The molecule has 1 aromatic carbocycles. The molecule has 2 heterocycles. The van der Waals surface area contributed by atoms with Crippen LogP contribution in [0.4, 0.5) is 5.69 Å². The third-order valence-electron chi connectivity index (χ3n) is 2.92. The molecule has 0 radical (unpaired) electrons. The highest BCUT2D eigenvalue weighted by Crippen LogP contribution is 2.30. The van der Waals surface area contributed by atoms with E-state index in [2.05, 4.69) is 10.5 Å². The molecule has 98 valence electrons. The van der Waals surface area contributed by atoms with Crippen molar-refractivity contribution in [2.75, 3.05) is 11.2 Å². The quantitative estimate of drug-likeness (QED) is 0.866. The topological polar surface area (TPSA) is 58.5 Å². The summed E-state index contributed by atoms with van der Waals surface area (Å²) in [6.45, 7) is 0. The van der Waals surface area contributed by atoms with Crippen molar-refractivity contribution in [3.8, 4) is 0 Å². The Morgan fingerprint density at radius 2 is 1.95 bits per heavy atom. The first-order valence-electron chi connectivity index (χ1n) is 5.85. The highest BCUT2D eigenvalue weighted by atomic mass is 32.2. The van der Waals surface area contributed by atoms with Gasteiger partial charge in [-0.1, -0.05) is 18.2 Å². The number of hydrogen-bond donors (Lipinski definition) is 1. The van der Waals surface area contributed by atoms with Crippen LogP contribution in [-0.4, -0.2) is 19.9 Å². The van der Waals surface area contributed by atoms with Gasteiger partial charge in [-0.2, -0.15) is 5.10 Å². The second-order valence-corrected chi connectivity index (χ2v) is 7.45. The van der Waals surface area contributed by atoms with E-state index in [1.54, 1.807) is 5.38 Å². The SMILES string of the molecule is O=S1(=O)CC/C(=N/Nc2ccccc2)c2ccsc21. The maximum atomic E-state index is 11.9. The number of benzene rings is 1. The number of anilines is 1. The molecule has 3 rings (SSSR count). The van der Waals surface area contributed by atoms with Gasteiger partial charge in [-0.3, -0.25) is 5.43 Å². The summed E-state index contributed by atoms with van der Waals surface area (Å²) in [5.74, 6) is 0.135. The molecule has 0 amide bonds. The minimum Gasteiger partial charge on any atom is -0.278 e. The van der Waals surface area contributed by atoms with Crippen LogP contribution in [0.3, 0.4) is 0 Å². The molecule has 0 spiro atoms. The zero-order valence-corrected chi connectivity index (χ0v) is 11.7. The maximum Gasteiger partial charge on any atom is 0.188 e. The van der Waals surface area contributed by atoms with Crippen LogP contribution in [0.15, 0.2) is 51.1 Å². The lowest BCUT2D eigenvalue weighted by atomic mass is 10.1. The predicted octanol–water partition coefficient (Wildman–Crippen LogP) is 2.74. The van der Waals surface area contributed by atoms with Crippen molar-refractivity contribution < 1.29 is 8.42 Å². The van der Waals surface area contributed by atoms with Crippen molar-refractivity contribution in [1.29, 1.82) is 0 Å². The fourth-order valence-electron chi connectivity index (χ4n) is 1.97. The molecule has 1 aliphatic rings. The molecule has 1 aliphatic heterocycles. The third-order valence-corrected chi connectivity index (χ3v) is 6.21. The lowest BCUT2D eigenvalue weighted by Gasteiger charge is -2.14. The Morgan fingerprint density at radius 1 is 1.16 bits per heavy atom. The Morgan fingerprint density at radius 3 is 2.74 bits per heavy atom. The zero-order valence-electron chi connectivity index (χ0n) is 10.0. The summed E-state index contributed by atoms with van der Waals surface area (Å²) in [6.07, 6.45) is 0.450. The van der Waals surface area contributed by atoms with Crippen LogP contribution >= 0.6 is 11.3 Å². The Labute approximate surface area is 115 Å². The molecular weight excluding hydrogens is 280 g/mol. The van der Waals surface area contributed by atoms with Crippen molar-refractivity contribution in [2.24, 2.45) is 5.10 Å². The highest BCUT2D eigenvalue weighted by molar-refractivity contribution is 7.93. The van der Waals surface area contributed by atoms with Crippen LogP contribution in [-0.2, 0) is 9.84 Å². The van der Waals surface area contributed by atoms with Gasteiger partial charge < -0.3 is 0 Å². The summed E-state index contributed by atoms with van der Waals surface area (Å²) in [5.41, 5.74) is 5.40. The Bertz CT molecular complexity index is 718. The lowest BCUT2D eigenvalue weighted by molar-refractivity contribution is 0.597. The number of nitrogens with zero attached hydrogens (tertiary/aromatic N) is 1. The number of nitrogens with one attached hydrogen (secondary N) is 1. The third kappa shape index (κ3) is 2.41. The normalized spacial score (nSPS) is 19.1. The molecule has 4 nitrogen and oxygen atoms in total. The smallest absolute Gasteiger partial charge is 0.188 e. The Balaban J connectivity index is 1.92. The summed E-state index contributed by atoms with van der Waals surface area (Å²) in [5, 5.41) is 6.14. The molecule has 0 saturated carbocycles. The van der Waals surface area contributed by atoms with Crippen molar-refractivity contribution >= 4 is 32.6 Å². The molecule has 6 heteroatoms. The molecule has 1 N–H and O–H groups in total. The summed E-state index contributed by atoms with van der Waals surface area (Å²) >= 11 is 1.26. The second-order valence-electron chi connectivity index (χ2n) is 4.23. The average Bonchev–Trinajstić information content (AvgIpc) is 2.90. The summed E-state index contributed by atoms with van der Waals surface area (Å²) < 4.78 is 24.2. The first kappa shape index (κ1) is 12.4. The molecule has 1 aromatic heterocycles. The van der Waals surface area contributed by atoms with E-state index in [9.17, 15) is 8.42 Å². The minimum absolute atomic E-state index is 0.135. The number of para-hydroxylation sites is 1. The number of rotatable bonds is 2. The van der Waals surface area contributed by atoms with Crippen LogP contribution in [0.5, 0.6) is 0 Å². The number of hydrazone groups is 1. The summed E-state index contributed by atoms with van der Waals surface area (Å²) in [6, 6.07) is 11.4. The van der Waals surface area contributed by atoms with Gasteiger partial charge in [-0.15, -0.1) is 11.3 Å². The van der Waals surface area contributed by atoms with Crippen molar-refractivity contribution in [3.05, 3.63) is 47.3 Å². The van der Waals surface area contributed by atoms with Gasteiger partial charge in [0, 0.05) is 12.0 Å². The van der Waals surface area contributed by atoms with Crippen LogP contribution < -0.4 is 5.43 Å². The van der Waals surface area contributed by atoms with Gasteiger partial charge in [-0.25, -0.2) is 8.42 Å². The van der Waals surface area contributed by atoms with Gasteiger partial charge in [0.05, 0.1) is 17.2 Å². The van der Waals surface area contributed by atoms with Gasteiger partial charge in [0.15, 0.2) is 9.84 Å².